The average Bonchev–Trinajstić information content (AvgIpc) is 2.22. The zero-order valence-corrected chi connectivity index (χ0v) is 10.7. The maximum Gasteiger partial charge on any atom is 0.152 e. The van der Waals surface area contributed by atoms with Gasteiger partial charge in [-0.2, -0.15) is 0 Å². The van der Waals surface area contributed by atoms with E-state index < -0.39 is 15.7 Å². The summed E-state index contributed by atoms with van der Waals surface area (Å²) in [7, 11) is -2.97. The molecule has 3 nitrogen and oxygen atoms in total. The van der Waals surface area contributed by atoms with Gasteiger partial charge in [0, 0.05) is 6.04 Å². The molecule has 1 fully saturated rings. The van der Waals surface area contributed by atoms with E-state index in [-0.39, 0.29) is 17.5 Å². The van der Waals surface area contributed by atoms with E-state index in [1.807, 2.05) is 0 Å². The van der Waals surface area contributed by atoms with Gasteiger partial charge in [0.15, 0.2) is 9.84 Å². The molecule has 2 rings (SSSR count). The summed E-state index contributed by atoms with van der Waals surface area (Å²) in [6.07, 6.45) is 1.39. The van der Waals surface area contributed by atoms with Gasteiger partial charge in [0.25, 0.3) is 0 Å². The van der Waals surface area contributed by atoms with Crippen molar-refractivity contribution < 1.29 is 12.8 Å². The predicted molar refractivity (Wildman–Crippen MR) is 66.7 cm³/mol. The first-order valence-electron chi connectivity index (χ1n) is 5.38. The summed E-state index contributed by atoms with van der Waals surface area (Å²) in [6.45, 7) is 0. The zero-order chi connectivity index (χ0) is 12.5. The Kier molecular flexibility index (Phi) is 3.58. The van der Waals surface area contributed by atoms with E-state index >= 15 is 0 Å². The molecule has 0 bridgehead atoms. The van der Waals surface area contributed by atoms with Crippen molar-refractivity contribution in [3.8, 4) is 0 Å². The second-order valence-corrected chi connectivity index (χ2v) is 6.86. The van der Waals surface area contributed by atoms with E-state index in [1.54, 1.807) is 0 Å². The van der Waals surface area contributed by atoms with Crippen molar-refractivity contribution in [1.82, 2.24) is 0 Å². The van der Waals surface area contributed by atoms with E-state index in [1.165, 1.54) is 18.2 Å². The molecule has 0 radical (unpaired) electrons. The Morgan fingerprint density at radius 2 is 2.18 bits per heavy atom. The Bertz CT molecular complexity index is 518. The standard InChI is InChI=1S/C11H13ClFNO2S/c12-10-4-3-8(13)6-11(10)14-9-2-1-5-17(15,16)7-9/h3-4,6,9,14H,1-2,5,7H2. The predicted octanol–water partition coefficient (Wildman–Crippen LogP) is 2.47. The number of nitrogens with one attached hydrogen (secondary N) is 1. The quantitative estimate of drug-likeness (QED) is 0.903. The molecule has 94 valence electrons. The number of rotatable bonds is 2. The molecule has 1 aromatic rings. The highest BCUT2D eigenvalue weighted by Crippen LogP contribution is 2.25. The number of sulfone groups is 1. The lowest BCUT2D eigenvalue weighted by Crippen LogP contribution is -2.34. The third kappa shape index (κ3) is 3.33. The molecule has 0 saturated carbocycles. The molecule has 0 amide bonds. The van der Waals surface area contributed by atoms with Gasteiger partial charge in [0.05, 0.1) is 22.2 Å². The van der Waals surface area contributed by atoms with Gasteiger partial charge >= 0.3 is 0 Å². The van der Waals surface area contributed by atoms with Crippen LogP contribution >= 0.6 is 11.6 Å². The molecule has 1 aromatic carbocycles. The summed E-state index contributed by atoms with van der Waals surface area (Å²) in [6, 6.07) is 3.82. The molecule has 1 N–H and O–H groups in total. The average molecular weight is 278 g/mol. The van der Waals surface area contributed by atoms with Crippen molar-refractivity contribution in [2.75, 3.05) is 16.8 Å². The van der Waals surface area contributed by atoms with Gasteiger partial charge < -0.3 is 5.32 Å². The maximum atomic E-state index is 13.0. The van der Waals surface area contributed by atoms with Gasteiger partial charge in [-0.25, -0.2) is 12.8 Å². The molecule has 1 saturated heterocycles. The molecule has 6 heteroatoms. The third-order valence-electron chi connectivity index (χ3n) is 2.75. The van der Waals surface area contributed by atoms with Crippen molar-refractivity contribution in [3.05, 3.63) is 29.0 Å². The van der Waals surface area contributed by atoms with Crippen molar-refractivity contribution in [3.63, 3.8) is 0 Å². The van der Waals surface area contributed by atoms with Crippen LogP contribution in [-0.2, 0) is 9.84 Å². The topological polar surface area (TPSA) is 46.2 Å². The van der Waals surface area contributed by atoms with E-state index in [9.17, 15) is 12.8 Å². The van der Waals surface area contributed by atoms with E-state index in [2.05, 4.69) is 5.32 Å². The van der Waals surface area contributed by atoms with Crippen LogP contribution in [0.2, 0.25) is 5.02 Å². The molecule has 1 aliphatic rings. The molecule has 17 heavy (non-hydrogen) atoms. The number of benzene rings is 1. The second kappa shape index (κ2) is 4.82. The first kappa shape index (κ1) is 12.6. The van der Waals surface area contributed by atoms with Crippen molar-refractivity contribution in [2.24, 2.45) is 0 Å². The minimum atomic E-state index is -2.97. The maximum absolute atomic E-state index is 13.0. The lowest BCUT2D eigenvalue weighted by molar-refractivity contribution is 0.562. The molecule has 0 spiro atoms. The van der Waals surface area contributed by atoms with Crippen molar-refractivity contribution >= 4 is 27.1 Å². The van der Waals surface area contributed by atoms with Crippen LogP contribution in [0.5, 0.6) is 0 Å². The third-order valence-corrected chi connectivity index (χ3v) is 4.90. The fourth-order valence-corrected chi connectivity index (χ4v) is 3.77. The van der Waals surface area contributed by atoms with Crippen LogP contribution in [0, 0.1) is 5.82 Å². The van der Waals surface area contributed by atoms with Crippen LogP contribution in [0.1, 0.15) is 12.8 Å². The van der Waals surface area contributed by atoms with Gasteiger partial charge in [-0.05, 0) is 31.0 Å². The Morgan fingerprint density at radius 1 is 1.41 bits per heavy atom. The number of anilines is 1. The van der Waals surface area contributed by atoms with E-state index in [4.69, 9.17) is 11.6 Å². The molecule has 0 aliphatic carbocycles. The Labute approximate surface area is 105 Å². The molecule has 0 aromatic heterocycles. The van der Waals surface area contributed by atoms with Crippen LogP contribution in [-0.4, -0.2) is 26.0 Å². The highest BCUT2D eigenvalue weighted by molar-refractivity contribution is 7.91. The van der Waals surface area contributed by atoms with Crippen LogP contribution in [0.3, 0.4) is 0 Å². The van der Waals surface area contributed by atoms with Crippen LogP contribution in [0.15, 0.2) is 18.2 Å². The number of hydrogen-bond acceptors (Lipinski definition) is 3. The van der Waals surface area contributed by atoms with Crippen molar-refractivity contribution in [2.45, 2.75) is 18.9 Å². The molecular formula is C11H13ClFNO2S. The summed E-state index contributed by atoms with van der Waals surface area (Å²) >= 11 is 5.91. The molecule has 1 aliphatic heterocycles. The van der Waals surface area contributed by atoms with Crippen LogP contribution < -0.4 is 5.32 Å². The Morgan fingerprint density at radius 3 is 2.88 bits per heavy atom. The first-order valence-corrected chi connectivity index (χ1v) is 7.58. The smallest absolute Gasteiger partial charge is 0.152 e. The lowest BCUT2D eigenvalue weighted by atomic mass is 10.1. The van der Waals surface area contributed by atoms with E-state index in [0.717, 1.165) is 6.42 Å². The summed E-state index contributed by atoms with van der Waals surface area (Å²) < 4.78 is 35.9. The second-order valence-electron chi connectivity index (χ2n) is 4.22. The SMILES string of the molecule is O=S1(=O)CCCC(Nc2cc(F)ccc2Cl)C1. The van der Waals surface area contributed by atoms with Gasteiger partial charge in [-0.1, -0.05) is 11.6 Å². The van der Waals surface area contributed by atoms with Gasteiger partial charge in [0.2, 0.25) is 0 Å². The molecule has 1 unspecified atom stereocenters. The Hall–Kier alpha value is -0.810. The molecular weight excluding hydrogens is 265 g/mol. The highest BCUT2D eigenvalue weighted by Gasteiger charge is 2.24. The largest absolute Gasteiger partial charge is 0.380 e. The zero-order valence-electron chi connectivity index (χ0n) is 9.12. The minimum absolute atomic E-state index is 0.0832. The molecule has 1 atom stereocenters. The summed E-state index contributed by atoms with van der Waals surface area (Å²) in [5.74, 6) is -0.0717. The van der Waals surface area contributed by atoms with Gasteiger partial charge in [-0.3, -0.25) is 0 Å². The van der Waals surface area contributed by atoms with Gasteiger partial charge in [-0.15, -0.1) is 0 Å². The van der Waals surface area contributed by atoms with E-state index in [0.29, 0.717) is 17.1 Å². The minimum Gasteiger partial charge on any atom is -0.380 e. The number of hydrogen-bond donors (Lipinski definition) is 1. The van der Waals surface area contributed by atoms with Crippen LogP contribution in [0.4, 0.5) is 10.1 Å². The molecule has 1 heterocycles. The number of halogens is 2. The highest BCUT2D eigenvalue weighted by atomic mass is 35.5. The van der Waals surface area contributed by atoms with Crippen molar-refractivity contribution in [1.29, 1.82) is 0 Å². The van der Waals surface area contributed by atoms with Gasteiger partial charge in [0.1, 0.15) is 5.82 Å². The first-order chi connectivity index (χ1) is 7.96. The monoisotopic (exact) mass is 277 g/mol. The fourth-order valence-electron chi connectivity index (χ4n) is 1.96. The normalized spacial score (nSPS) is 23.3. The Balaban J connectivity index is 2.13. The fraction of sp³-hybridized carbons (Fsp3) is 0.455. The lowest BCUT2D eigenvalue weighted by Gasteiger charge is -2.24. The summed E-state index contributed by atoms with van der Waals surface area (Å²) in [5.41, 5.74) is 0.453. The summed E-state index contributed by atoms with van der Waals surface area (Å²) in [5, 5.41) is 3.39. The summed E-state index contributed by atoms with van der Waals surface area (Å²) in [4.78, 5) is 0. The van der Waals surface area contributed by atoms with Crippen LogP contribution in [0.25, 0.3) is 0 Å².